The van der Waals surface area contributed by atoms with E-state index in [1.165, 1.54) is 0 Å². The number of ether oxygens (including phenoxy) is 2. The molecule has 0 spiro atoms. The first-order chi connectivity index (χ1) is 9.78. The van der Waals surface area contributed by atoms with E-state index in [0.717, 1.165) is 27.9 Å². The number of hydrogen-bond donors (Lipinski definition) is 1. The number of aryl methyl sites for hydroxylation is 1. The molecule has 0 aliphatic heterocycles. The standard InChI is InChI=1S/C14H16N4O2/c1-18-9-10(6-17-18)13-8-16-14-12(13)5-11(7-15-14)20-4-3-19-2/h5-9H,3-4H2,1-2H3,(H,15,16). The summed E-state index contributed by atoms with van der Waals surface area (Å²) < 4.78 is 12.3. The van der Waals surface area contributed by atoms with Crippen LogP contribution in [-0.4, -0.2) is 40.1 Å². The maximum Gasteiger partial charge on any atom is 0.138 e. The quantitative estimate of drug-likeness (QED) is 0.721. The topological polar surface area (TPSA) is 65.0 Å². The Balaban J connectivity index is 1.95. The van der Waals surface area contributed by atoms with E-state index in [4.69, 9.17) is 9.47 Å². The molecule has 104 valence electrons. The summed E-state index contributed by atoms with van der Waals surface area (Å²) >= 11 is 0. The van der Waals surface area contributed by atoms with E-state index in [9.17, 15) is 0 Å². The maximum absolute atomic E-state index is 5.60. The molecule has 0 aliphatic carbocycles. The van der Waals surface area contributed by atoms with Gasteiger partial charge in [0.15, 0.2) is 0 Å². The SMILES string of the molecule is COCCOc1cnc2[nH]cc(-c3cnn(C)c3)c2c1. The lowest BCUT2D eigenvalue weighted by molar-refractivity contribution is 0.146. The molecule has 0 saturated heterocycles. The summed E-state index contributed by atoms with van der Waals surface area (Å²) in [5.74, 6) is 0.735. The summed E-state index contributed by atoms with van der Waals surface area (Å²) in [7, 11) is 3.55. The second-order valence-electron chi connectivity index (χ2n) is 4.51. The Kier molecular flexibility index (Phi) is 3.39. The van der Waals surface area contributed by atoms with E-state index in [0.29, 0.717) is 13.2 Å². The van der Waals surface area contributed by atoms with Crippen LogP contribution in [-0.2, 0) is 11.8 Å². The second kappa shape index (κ2) is 5.34. The number of rotatable bonds is 5. The fourth-order valence-electron chi connectivity index (χ4n) is 2.11. The molecule has 0 fully saturated rings. The van der Waals surface area contributed by atoms with Crippen molar-refractivity contribution in [3.63, 3.8) is 0 Å². The molecule has 0 bridgehead atoms. The van der Waals surface area contributed by atoms with Crippen LogP contribution in [0.1, 0.15) is 0 Å². The van der Waals surface area contributed by atoms with Gasteiger partial charge in [-0.15, -0.1) is 0 Å². The average Bonchev–Trinajstić information content (AvgIpc) is 3.04. The van der Waals surface area contributed by atoms with Crippen LogP contribution in [0.5, 0.6) is 5.75 Å². The number of aromatic amines is 1. The molecule has 0 saturated carbocycles. The maximum atomic E-state index is 5.60. The summed E-state index contributed by atoms with van der Waals surface area (Å²) in [4.78, 5) is 7.53. The van der Waals surface area contributed by atoms with Crippen LogP contribution in [0, 0.1) is 0 Å². The van der Waals surface area contributed by atoms with Crippen molar-refractivity contribution in [1.82, 2.24) is 19.7 Å². The highest BCUT2D eigenvalue weighted by Gasteiger charge is 2.10. The van der Waals surface area contributed by atoms with Crippen molar-refractivity contribution >= 4 is 11.0 Å². The van der Waals surface area contributed by atoms with Crippen LogP contribution in [0.4, 0.5) is 0 Å². The monoisotopic (exact) mass is 272 g/mol. The number of pyridine rings is 1. The molecule has 3 rings (SSSR count). The van der Waals surface area contributed by atoms with Gasteiger partial charge >= 0.3 is 0 Å². The van der Waals surface area contributed by atoms with Crippen molar-refractivity contribution < 1.29 is 9.47 Å². The Bertz CT molecular complexity index is 717. The van der Waals surface area contributed by atoms with Gasteiger partial charge in [-0.1, -0.05) is 0 Å². The van der Waals surface area contributed by atoms with Crippen molar-refractivity contribution in [2.75, 3.05) is 20.3 Å². The molecular weight excluding hydrogens is 256 g/mol. The zero-order valence-corrected chi connectivity index (χ0v) is 11.5. The molecule has 0 unspecified atom stereocenters. The third-order valence-corrected chi connectivity index (χ3v) is 3.08. The Hall–Kier alpha value is -2.34. The summed E-state index contributed by atoms with van der Waals surface area (Å²) in [6.07, 6.45) is 7.46. The Morgan fingerprint density at radius 3 is 2.95 bits per heavy atom. The molecular formula is C14H16N4O2. The van der Waals surface area contributed by atoms with Crippen molar-refractivity contribution in [2.24, 2.45) is 7.05 Å². The summed E-state index contributed by atoms with van der Waals surface area (Å²) in [6.45, 7) is 1.07. The molecule has 0 aliphatic rings. The van der Waals surface area contributed by atoms with Gasteiger partial charge in [0.1, 0.15) is 18.0 Å². The van der Waals surface area contributed by atoms with Crippen LogP contribution in [0.2, 0.25) is 0 Å². The van der Waals surface area contributed by atoms with E-state index in [1.54, 1.807) is 18.0 Å². The molecule has 3 heterocycles. The van der Waals surface area contributed by atoms with Crippen molar-refractivity contribution in [1.29, 1.82) is 0 Å². The smallest absolute Gasteiger partial charge is 0.138 e. The number of nitrogens with zero attached hydrogens (tertiary/aromatic N) is 3. The molecule has 3 aromatic heterocycles. The first-order valence-electron chi connectivity index (χ1n) is 6.36. The van der Waals surface area contributed by atoms with E-state index in [2.05, 4.69) is 15.1 Å². The third-order valence-electron chi connectivity index (χ3n) is 3.08. The zero-order valence-electron chi connectivity index (χ0n) is 11.5. The number of hydrogen-bond acceptors (Lipinski definition) is 4. The fourth-order valence-corrected chi connectivity index (χ4v) is 2.11. The van der Waals surface area contributed by atoms with E-state index in [1.807, 2.05) is 31.7 Å². The molecule has 3 aromatic rings. The molecule has 6 nitrogen and oxygen atoms in total. The summed E-state index contributed by atoms with van der Waals surface area (Å²) in [5.41, 5.74) is 2.95. The van der Waals surface area contributed by atoms with E-state index < -0.39 is 0 Å². The van der Waals surface area contributed by atoms with Crippen LogP contribution < -0.4 is 4.74 Å². The lowest BCUT2D eigenvalue weighted by Crippen LogP contribution is -2.04. The lowest BCUT2D eigenvalue weighted by atomic mass is 10.1. The van der Waals surface area contributed by atoms with E-state index in [-0.39, 0.29) is 0 Å². The molecule has 0 amide bonds. The van der Waals surface area contributed by atoms with Crippen LogP contribution >= 0.6 is 0 Å². The van der Waals surface area contributed by atoms with Crippen LogP contribution in [0.25, 0.3) is 22.2 Å². The third kappa shape index (κ3) is 2.37. The van der Waals surface area contributed by atoms with E-state index >= 15 is 0 Å². The van der Waals surface area contributed by atoms with Gasteiger partial charge in [-0.25, -0.2) is 4.98 Å². The van der Waals surface area contributed by atoms with Crippen LogP contribution in [0.15, 0.2) is 30.9 Å². The number of fused-ring (bicyclic) bond motifs is 1. The second-order valence-corrected chi connectivity index (χ2v) is 4.51. The lowest BCUT2D eigenvalue weighted by Gasteiger charge is -2.05. The Morgan fingerprint density at radius 1 is 1.30 bits per heavy atom. The minimum atomic E-state index is 0.510. The Labute approximate surface area is 116 Å². The first kappa shape index (κ1) is 12.7. The predicted molar refractivity (Wildman–Crippen MR) is 75.7 cm³/mol. The first-order valence-corrected chi connectivity index (χ1v) is 6.36. The Morgan fingerprint density at radius 2 is 2.20 bits per heavy atom. The fraction of sp³-hybridized carbons (Fsp3) is 0.286. The van der Waals surface area contributed by atoms with Gasteiger partial charge < -0.3 is 14.5 Å². The molecule has 1 N–H and O–H groups in total. The number of nitrogens with one attached hydrogen (secondary N) is 1. The number of H-pyrrole nitrogens is 1. The van der Waals surface area contributed by atoms with Crippen molar-refractivity contribution in [3.8, 4) is 16.9 Å². The van der Waals surface area contributed by atoms with Gasteiger partial charge in [0.2, 0.25) is 0 Å². The summed E-state index contributed by atoms with van der Waals surface area (Å²) in [5, 5.41) is 5.22. The predicted octanol–water partition coefficient (Wildman–Crippen LogP) is 1.99. The minimum absolute atomic E-state index is 0.510. The molecule has 0 radical (unpaired) electrons. The largest absolute Gasteiger partial charge is 0.490 e. The van der Waals surface area contributed by atoms with Crippen molar-refractivity contribution in [2.45, 2.75) is 0 Å². The van der Waals surface area contributed by atoms with Gasteiger partial charge in [-0.05, 0) is 6.07 Å². The molecule has 6 heteroatoms. The minimum Gasteiger partial charge on any atom is -0.490 e. The van der Waals surface area contributed by atoms with Crippen molar-refractivity contribution in [3.05, 3.63) is 30.9 Å². The normalized spacial score (nSPS) is 11.1. The zero-order chi connectivity index (χ0) is 13.9. The van der Waals surface area contributed by atoms with Gasteiger partial charge in [0, 0.05) is 43.1 Å². The molecule has 0 aromatic carbocycles. The number of methoxy groups -OCH3 is 1. The average molecular weight is 272 g/mol. The van der Waals surface area contributed by atoms with Gasteiger partial charge in [0.25, 0.3) is 0 Å². The number of aromatic nitrogens is 4. The molecule has 0 atom stereocenters. The van der Waals surface area contributed by atoms with Gasteiger partial charge in [-0.3, -0.25) is 4.68 Å². The molecule has 20 heavy (non-hydrogen) atoms. The highest BCUT2D eigenvalue weighted by Crippen LogP contribution is 2.29. The van der Waals surface area contributed by atoms with Gasteiger partial charge in [0.05, 0.1) is 19.0 Å². The van der Waals surface area contributed by atoms with Gasteiger partial charge in [-0.2, -0.15) is 5.10 Å². The van der Waals surface area contributed by atoms with Crippen LogP contribution in [0.3, 0.4) is 0 Å². The highest BCUT2D eigenvalue weighted by atomic mass is 16.5. The highest BCUT2D eigenvalue weighted by molar-refractivity contribution is 5.93. The summed E-state index contributed by atoms with van der Waals surface area (Å²) in [6, 6.07) is 1.98.